The van der Waals surface area contributed by atoms with Crippen molar-refractivity contribution in [3.63, 3.8) is 0 Å². The van der Waals surface area contributed by atoms with Crippen molar-refractivity contribution in [3.05, 3.63) is 83.2 Å². The van der Waals surface area contributed by atoms with Crippen molar-refractivity contribution in [2.45, 2.75) is 32.7 Å². The maximum absolute atomic E-state index is 12.8. The summed E-state index contributed by atoms with van der Waals surface area (Å²) >= 11 is 6.07. The standard InChI is InChI=1S/C29H31ClN4O2/c1-20(16-23-8-4-7-21-6-2-3-11-26(21)23)18-31-29(35)22-12-14-34(15-13-22)19-27-32-28(33-36-27)24-9-5-10-25(30)17-24/h2-11,17,20,22H,12-16,18-19H2,1H3,(H,31,35). The normalized spacial score (nSPS) is 15.7. The second-order valence-electron chi connectivity index (χ2n) is 9.77. The van der Waals surface area contributed by atoms with Gasteiger partial charge in [-0.1, -0.05) is 78.3 Å². The van der Waals surface area contributed by atoms with E-state index in [2.05, 4.69) is 69.7 Å². The van der Waals surface area contributed by atoms with Gasteiger partial charge in [0.1, 0.15) is 0 Å². The summed E-state index contributed by atoms with van der Waals surface area (Å²) < 4.78 is 5.45. The van der Waals surface area contributed by atoms with Crippen LogP contribution in [0.5, 0.6) is 0 Å². The smallest absolute Gasteiger partial charge is 0.241 e. The minimum Gasteiger partial charge on any atom is -0.356 e. The average molecular weight is 503 g/mol. The van der Waals surface area contributed by atoms with Crippen molar-refractivity contribution in [3.8, 4) is 11.4 Å². The minimum absolute atomic E-state index is 0.0516. The van der Waals surface area contributed by atoms with Gasteiger partial charge in [-0.25, -0.2) is 0 Å². The molecule has 1 fully saturated rings. The van der Waals surface area contributed by atoms with Gasteiger partial charge < -0.3 is 9.84 Å². The molecular formula is C29H31ClN4O2. The van der Waals surface area contributed by atoms with E-state index in [1.165, 1.54) is 16.3 Å². The van der Waals surface area contributed by atoms with Crippen LogP contribution >= 0.6 is 11.6 Å². The fourth-order valence-corrected chi connectivity index (χ4v) is 5.14. The van der Waals surface area contributed by atoms with Crippen molar-refractivity contribution < 1.29 is 9.32 Å². The van der Waals surface area contributed by atoms with Gasteiger partial charge in [0.25, 0.3) is 0 Å². The van der Waals surface area contributed by atoms with Crippen LogP contribution in [0.2, 0.25) is 5.02 Å². The van der Waals surface area contributed by atoms with Gasteiger partial charge in [-0.05, 0) is 66.7 Å². The van der Waals surface area contributed by atoms with Crippen LogP contribution in [0.4, 0.5) is 0 Å². The third-order valence-electron chi connectivity index (χ3n) is 6.94. The Morgan fingerprint density at radius 2 is 1.89 bits per heavy atom. The van der Waals surface area contributed by atoms with Crippen molar-refractivity contribution in [2.75, 3.05) is 19.6 Å². The van der Waals surface area contributed by atoms with Crippen LogP contribution in [0, 0.1) is 11.8 Å². The highest BCUT2D eigenvalue weighted by Crippen LogP contribution is 2.23. The van der Waals surface area contributed by atoms with Crippen LogP contribution in [0.1, 0.15) is 31.2 Å². The Bertz CT molecular complexity index is 1320. The number of rotatable bonds is 8. The summed E-state index contributed by atoms with van der Waals surface area (Å²) in [6.45, 7) is 5.14. The third-order valence-corrected chi connectivity index (χ3v) is 7.18. The predicted octanol–water partition coefficient (Wildman–Crippen LogP) is 5.75. The molecule has 36 heavy (non-hydrogen) atoms. The molecule has 186 valence electrons. The number of benzene rings is 3. The molecule has 5 rings (SSSR count). The Morgan fingerprint density at radius 3 is 2.72 bits per heavy atom. The Balaban J connectivity index is 1.07. The zero-order valence-electron chi connectivity index (χ0n) is 20.5. The number of hydrogen-bond acceptors (Lipinski definition) is 5. The van der Waals surface area contributed by atoms with E-state index in [0.717, 1.165) is 37.9 Å². The molecule has 2 heterocycles. The van der Waals surface area contributed by atoms with Gasteiger partial charge >= 0.3 is 0 Å². The zero-order valence-corrected chi connectivity index (χ0v) is 21.2. The quantitative estimate of drug-likeness (QED) is 0.332. The maximum atomic E-state index is 12.8. The van der Waals surface area contributed by atoms with Crippen LogP contribution in [-0.2, 0) is 17.8 Å². The Labute approximate surface area is 216 Å². The number of aromatic nitrogens is 2. The van der Waals surface area contributed by atoms with Gasteiger partial charge in [0.2, 0.25) is 17.6 Å². The Morgan fingerprint density at radius 1 is 1.11 bits per heavy atom. The fourth-order valence-electron chi connectivity index (χ4n) is 4.95. The Kier molecular flexibility index (Phi) is 7.63. The van der Waals surface area contributed by atoms with Gasteiger partial charge in [0.05, 0.1) is 6.54 Å². The highest BCUT2D eigenvalue weighted by Gasteiger charge is 2.26. The number of carbonyl (C=O) groups is 1. The van der Waals surface area contributed by atoms with Gasteiger partial charge in [-0.15, -0.1) is 0 Å². The lowest BCUT2D eigenvalue weighted by Gasteiger charge is -2.30. The van der Waals surface area contributed by atoms with Crippen molar-refractivity contribution in [1.82, 2.24) is 20.4 Å². The monoisotopic (exact) mass is 502 g/mol. The first-order valence-corrected chi connectivity index (χ1v) is 13.0. The third kappa shape index (κ3) is 5.94. The van der Waals surface area contributed by atoms with Crippen molar-refractivity contribution in [2.24, 2.45) is 11.8 Å². The molecule has 1 aliphatic heterocycles. The topological polar surface area (TPSA) is 71.3 Å². The lowest BCUT2D eigenvalue weighted by atomic mass is 9.94. The summed E-state index contributed by atoms with van der Waals surface area (Å²) in [7, 11) is 0. The van der Waals surface area contributed by atoms with Crippen LogP contribution < -0.4 is 5.32 Å². The fraction of sp³-hybridized carbons (Fsp3) is 0.345. The molecule has 1 N–H and O–H groups in total. The molecular weight excluding hydrogens is 472 g/mol. The van der Waals surface area contributed by atoms with Crippen molar-refractivity contribution >= 4 is 28.3 Å². The molecule has 0 saturated carbocycles. The number of hydrogen-bond donors (Lipinski definition) is 1. The number of likely N-dealkylation sites (tertiary alicyclic amines) is 1. The number of nitrogens with one attached hydrogen (secondary N) is 1. The molecule has 1 saturated heterocycles. The first-order chi connectivity index (χ1) is 17.5. The molecule has 4 aromatic rings. The van der Waals surface area contributed by atoms with E-state index in [1.54, 1.807) is 0 Å². The minimum atomic E-state index is 0.0516. The number of fused-ring (bicyclic) bond motifs is 1. The molecule has 0 aliphatic carbocycles. The molecule has 1 aromatic heterocycles. The molecule has 0 spiro atoms. The molecule has 1 aliphatic rings. The van der Waals surface area contributed by atoms with E-state index in [0.29, 0.717) is 35.7 Å². The molecule has 1 amide bonds. The highest BCUT2D eigenvalue weighted by atomic mass is 35.5. The van der Waals surface area contributed by atoms with Gasteiger partial charge in [-0.3, -0.25) is 9.69 Å². The van der Waals surface area contributed by atoms with E-state index in [1.807, 2.05) is 24.3 Å². The maximum Gasteiger partial charge on any atom is 0.241 e. The number of nitrogens with zero attached hydrogens (tertiary/aromatic N) is 3. The van der Waals surface area contributed by atoms with Crippen LogP contribution in [0.15, 0.2) is 71.3 Å². The highest BCUT2D eigenvalue weighted by molar-refractivity contribution is 6.30. The lowest BCUT2D eigenvalue weighted by Crippen LogP contribution is -2.41. The van der Waals surface area contributed by atoms with Crippen LogP contribution in [0.25, 0.3) is 22.2 Å². The van der Waals surface area contributed by atoms with E-state index in [-0.39, 0.29) is 11.8 Å². The second-order valence-corrected chi connectivity index (χ2v) is 10.2. The number of carbonyl (C=O) groups excluding carboxylic acids is 1. The first kappa shape index (κ1) is 24.5. The summed E-state index contributed by atoms with van der Waals surface area (Å²) in [5.74, 6) is 1.71. The lowest BCUT2D eigenvalue weighted by molar-refractivity contribution is -0.126. The number of halogens is 1. The number of piperidine rings is 1. The molecule has 3 aromatic carbocycles. The number of amides is 1. The first-order valence-electron chi connectivity index (χ1n) is 12.6. The van der Waals surface area contributed by atoms with Gasteiger partial charge in [0, 0.05) is 23.0 Å². The SMILES string of the molecule is CC(CNC(=O)C1CCN(Cc2nc(-c3cccc(Cl)c3)no2)CC1)Cc1cccc2ccccc12. The van der Waals surface area contributed by atoms with Crippen LogP contribution in [0.3, 0.4) is 0 Å². The van der Waals surface area contributed by atoms with Crippen LogP contribution in [-0.4, -0.2) is 40.6 Å². The van der Waals surface area contributed by atoms with Gasteiger partial charge in [0.15, 0.2) is 0 Å². The summed E-state index contributed by atoms with van der Waals surface area (Å²) in [6.07, 6.45) is 2.61. The summed E-state index contributed by atoms with van der Waals surface area (Å²) in [4.78, 5) is 19.6. The predicted molar refractivity (Wildman–Crippen MR) is 143 cm³/mol. The molecule has 0 bridgehead atoms. The Hall–Kier alpha value is -3.22. The molecule has 1 unspecified atom stereocenters. The van der Waals surface area contributed by atoms with E-state index in [9.17, 15) is 4.79 Å². The van der Waals surface area contributed by atoms with Gasteiger partial charge in [-0.2, -0.15) is 4.98 Å². The summed E-state index contributed by atoms with van der Waals surface area (Å²) in [6, 6.07) is 22.4. The summed E-state index contributed by atoms with van der Waals surface area (Å²) in [5, 5.41) is 10.5. The van der Waals surface area contributed by atoms with Crippen molar-refractivity contribution in [1.29, 1.82) is 0 Å². The molecule has 1 atom stereocenters. The zero-order chi connectivity index (χ0) is 24.9. The second kappa shape index (κ2) is 11.2. The molecule has 7 heteroatoms. The van der Waals surface area contributed by atoms with E-state index < -0.39 is 0 Å². The molecule has 6 nitrogen and oxygen atoms in total. The summed E-state index contributed by atoms with van der Waals surface area (Å²) in [5.41, 5.74) is 2.17. The largest absolute Gasteiger partial charge is 0.356 e. The molecule has 0 radical (unpaired) electrons. The van der Waals surface area contributed by atoms with E-state index in [4.69, 9.17) is 16.1 Å². The van der Waals surface area contributed by atoms with E-state index >= 15 is 0 Å². The average Bonchev–Trinajstić information content (AvgIpc) is 3.36.